The predicted octanol–water partition coefficient (Wildman–Crippen LogP) is 3.55. The van der Waals surface area contributed by atoms with E-state index >= 15 is 0 Å². The van der Waals surface area contributed by atoms with Crippen LogP contribution in [0.5, 0.6) is 0 Å². The zero-order valence-electron chi connectivity index (χ0n) is 14.7. The molecule has 0 bridgehead atoms. The van der Waals surface area contributed by atoms with Gasteiger partial charge in [0.15, 0.2) is 6.10 Å². The van der Waals surface area contributed by atoms with Crippen LogP contribution in [0.15, 0.2) is 53.4 Å². The number of hydrogen-bond donors (Lipinski definition) is 2. The summed E-state index contributed by atoms with van der Waals surface area (Å²) >= 11 is 1.57. The molecular formula is C19H20N2O4S. The summed E-state index contributed by atoms with van der Waals surface area (Å²) in [6, 6.07) is 13.6. The normalized spacial score (nSPS) is 11.3. The van der Waals surface area contributed by atoms with Crippen molar-refractivity contribution >= 4 is 40.9 Å². The maximum Gasteiger partial charge on any atom is 0.338 e. The van der Waals surface area contributed by atoms with Gasteiger partial charge in [0.05, 0.1) is 5.56 Å². The van der Waals surface area contributed by atoms with Crippen LogP contribution < -0.4 is 10.6 Å². The summed E-state index contributed by atoms with van der Waals surface area (Å²) in [7, 11) is 0. The molecular weight excluding hydrogens is 352 g/mol. The van der Waals surface area contributed by atoms with Gasteiger partial charge in [-0.05, 0) is 61.7 Å². The minimum Gasteiger partial charge on any atom is -0.449 e. The van der Waals surface area contributed by atoms with Gasteiger partial charge in [-0.25, -0.2) is 4.79 Å². The lowest BCUT2D eigenvalue weighted by Gasteiger charge is -2.14. The fourth-order valence-corrected chi connectivity index (χ4v) is 2.50. The number of rotatable bonds is 6. The maximum atomic E-state index is 12.2. The summed E-state index contributed by atoms with van der Waals surface area (Å²) in [5, 5.41) is 5.30. The molecule has 0 aliphatic heterocycles. The van der Waals surface area contributed by atoms with E-state index in [0.29, 0.717) is 16.9 Å². The van der Waals surface area contributed by atoms with Crippen LogP contribution in [0.4, 0.5) is 11.4 Å². The first-order valence-electron chi connectivity index (χ1n) is 7.92. The zero-order chi connectivity index (χ0) is 19.1. The molecule has 136 valence electrons. The number of benzene rings is 2. The third-order valence-corrected chi connectivity index (χ3v) is 4.20. The zero-order valence-corrected chi connectivity index (χ0v) is 15.6. The summed E-state index contributed by atoms with van der Waals surface area (Å²) in [4.78, 5) is 36.3. The van der Waals surface area contributed by atoms with E-state index in [0.717, 1.165) is 4.90 Å². The molecule has 1 atom stereocenters. The van der Waals surface area contributed by atoms with Gasteiger partial charge in [0.25, 0.3) is 5.91 Å². The number of amides is 2. The molecule has 0 aromatic heterocycles. The van der Waals surface area contributed by atoms with Gasteiger partial charge in [-0.2, -0.15) is 0 Å². The second kappa shape index (κ2) is 9.05. The average molecular weight is 372 g/mol. The molecule has 6 nitrogen and oxygen atoms in total. The summed E-state index contributed by atoms with van der Waals surface area (Å²) < 4.78 is 5.21. The molecule has 0 fully saturated rings. The van der Waals surface area contributed by atoms with E-state index in [-0.39, 0.29) is 5.91 Å². The van der Waals surface area contributed by atoms with Gasteiger partial charge in [-0.1, -0.05) is 0 Å². The lowest BCUT2D eigenvalue weighted by molar-refractivity contribution is -0.123. The summed E-state index contributed by atoms with van der Waals surface area (Å²) in [6.45, 7) is 2.93. The minimum absolute atomic E-state index is 0.173. The van der Waals surface area contributed by atoms with Crippen LogP contribution in [0, 0.1) is 0 Å². The monoisotopic (exact) mass is 372 g/mol. The lowest BCUT2D eigenvalue weighted by atomic mass is 10.2. The minimum atomic E-state index is -0.947. The Balaban J connectivity index is 1.91. The van der Waals surface area contributed by atoms with Crippen molar-refractivity contribution in [2.45, 2.75) is 24.8 Å². The molecule has 0 spiro atoms. The fourth-order valence-electron chi connectivity index (χ4n) is 2.09. The SMILES string of the molecule is CSc1ccc(C(=O)O[C@@H](C)C(=O)Nc2ccc(NC(C)=O)cc2)cc1. The van der Waals surface area contributed by atoms with Crippen LogP contribution in [0.3, 0.4) is 0 Å². The summed E-state index contributed by atoms with van der Waals surface area (Å²) in [5.41, 5.74) is 1.56. The van der Waals surface area contributed by atoms with Crippen LogP contribution in [-0.2, 0) is 14.3 Å². The Labute approximate surface area is 156 Å². The molecule has 2 N–H and O–H groups in total. The Morgan fingerprint density at radius 1 is 0.923 bits per heavy atom. The number of thioether (sulfide) groups is 1. The highest BCUT2D eigenvalue weighted by Gasteiger charge is 2.19. The van der Waals surface area contributed by atoms with E-state index in [1.54, 1.807) is 48.2 Å². The Morgan fingerprint density at radius 2 is 1.46 bits per heavy atom. The Bertz CT molecular complexity index is 788. The van der Waals surface area contributed by atoms with E-state index in [1.807, 2.05) is 18.4 Å². The molecule has 2 aromatic carbocycles. The first kappa shape index (κ1) is 19.5. The van der Waals surface area contributed by atoms with Gasteiger partial charge in [-0.15, -0.1) is 11.8 Å². The molecule has 2 rings (SSSR count). The summed E-state index contributed by atoms with van der Waals surface area (Å²) in [6.07, 6.45) is 1.00. The third-order valence-electron chi connectivity index (χ3n) is 3.45. The van der Waals surface area contributed by atoms with Crippen molar-refractivity contribution in [2.75, 3.05) is 16.9 Å². The van der Waals surface area contributed by atoms with Crippen LogP contribution in [0.2, 0.25) is 0 Å². The highest BCUT2D eigenvalue weighted by molar-refractivity contribution is 7.98. The van der Waals surface area contributed by atoms with Crippen molar-refractivity contribution < 1.29 is 19.1 Å². The Morgan fingerprint density at radius 3 is 1.96 bits per heavy atom. The standard InChI is InChI=1S/C19H20N2O4S/c1-12(25-19(24)14-4-10-17(26-3)11-5-14)18(23)21-16-8-6-15(7-9-16)20-13(2)22/h4-12H,1-3H3,(H,20,22)(H,21,23)/t12-/m0/s1. The molecule has 2 amide bonds. The van der Waals surface area contributed by atoms with Gasteiger partial charge < -0.3 is 15.4 Å². The second-order valence-electron chi connectivity index (χ2n) is 5.52. The largest absolute Gasteiger partial charge is 0.449 e. The molecule has 0 radical (unpaired) electrons. The molecule has 0 heterocycles. The van der Waals surface area contributed by atoms with Crippen LogP contribution >= 0.6 is 11.8 Å². The average Bonchev–Trinajstić information content (AvgIpc) is 2.62. The first-order valence-corrected chi connectivity index (χ1v) is 9.15. The molecule has 0 unspecified atom stereocenters. The number of carbonyl (C=O) groups excluding carboxylic acids is 3. The Hall–Kier alpha value is -2.80. The van der Waals surface area contributed by atoms with Crippen molar-refractivity contribution in [1.29, 1.82) is 0 Å². The Kier molecular flexibility index (Phi) is 6.80. The van der Waals surface area contributed by atoms with E-state index in [9.17, 15) is 14.4 Å². The van der Waals surface area contributed by atoms with E-state index in [1.165, 1.54) is 13.8 Å². The van der Waals surface area contributed by atoms with Crippen molar-refractivity contribution in [3.05, 3.63) is 54.1 Å². The van der Waals surface area contributed by atoms with E-state index in [2.05, 4.69) is 10.6 Å². The molecule has 2 aromatic rings. The van der Waals surface area contributed by atoms with Crippen LogP contribution in [-0.4, -0.2) is 30.1 Å². The number of hydrogen-bond acceptors (Lipinski definition) is 5. The smallest absolute Gasteiger partial charge is 0.338 e. The van der Waals surface area contributed by atoms with Gasteiger partial charge in [0.1, 0.15) is 0 Å². The predicted molar refractivity (Wildman–Crippen MR) is 102 cm³/mol. The number of carbonyl (C=O) groups is 3. The number of esters is 1. The lowest BCUT2D eigenvalue weighted by Crippen LogP contribution is -2.30. The van der Waals surface area contributed by atoms with Crippen LogP contribution in [0.25, 0.3) is 0 Å². The number of ether oxygens (including phenoxy) is 1. The van der Waals surface area contributed by atoms with Gasteiger partial charge in [0, 0.05) is 23.2 Å². The third kappa shape index (κ3) is 5.63. The van der Waals surface area contributed by atoms with Crippen molar-refractivity contribution in [1.82, 2.24) is 0 Å². The highest BCUT2D eigenvalue weighted by Crippen LogP contribution is 2.17. The highest BCUT2D eigenvalue weighted by atomic mass is 32.2. The molecule has 26 heavy (non-hydrogen) atoms. The molecule has 0 aliphatic carbocycles. The molecule has 0 saturated carbocycles. The molecule has 7 heteroatoms. The first-order chi connectivity index (χ1) is 12.4. The van der Waals surface area contributed by atoms with Gasteiger partial charge >= 0.3 is 5.97 Å². The topological polar surface area (TPSA) is 84.5 Å². The van der Waals surface area contributed by atoms with Gasteiger partial charge in [0.2, 0.25) is 5.91 Å². The van der Waals surface area contributed by atoms with E-state index < -0.39 is 18.0 Å². The van der Waals surface area contributed by atoms with Crippen molar-refractivity contribution in [3.8, 4) is 0 Å². The maximum absolute atomic E-state index is 12.2. The quantitative estimate of drug-likeness (QED) is 0.598. The second-order valence-corrected chi connectivity index (χ2v) is 6.40. The molecule has 0 saturated heterocycles. The fraction of sp³-hybridized carbons (Fsp3) is 0.211. The number of nitrogens with one attached hydrogen (secondary N) is 2. The van der Waals surface area contributed by atoms with Crippen molar-refractivity contribution in [2.24, 2.45) is 0 Å². The number of anilines is 2. The van der Waals surface area contributed by atoms with Crippen LogP contribution in [0.1, 0.15) is 24.2 Å². The van der Waals surface area contributed by atoms with Crippen molar-refractivity contribution in [3.63, 3.8) is 0 Å². The molecule has 0 aliphatic rings. The van der Waals surface area contributed by atoms with Gasteiger partial charge in [-0.3, -0.25) is 9.59 Å². The summed E-state index contributed by atoms with van der Waals surface area (Å²) in [5.74, 6) is -1.17. The van der Waals surface area contributed by atoms with E-state index in [4.69, 9.17) is 4.74 Å².